The molecule has 1 aromatic heterocycles. The van der Waals surface area contributed by atoms with Gasteiger partial charge in [-0.2, -0.15) is 0 Å². The maximum Gasteiger partial charge on any atom is 0.324 e. The first-order valence-electron chi connectivity index (χ1n) is 8.46. The van der Waals surface area contributed by atoms with Crippen molar-refractivity contribution in [3.05, 3.63) is 47.4 Å². The van der Waals surface area contributed by atoms with E-state index in [1.807, 2.05) is 0 Å². The number of carboxylic acid groups (broad SMARTS) is 1. The lowest BCUT2D eigenvalue weighted by Gasteiger charge is -2.21. The number of urea groups is 1. The first kappa shape index (κ1) is 19.8. The molecule has 0 spiro atoms. The Bertz CT molecular complexity index is 880. The Balaban J connectivity index is 1.63. The third kappa shape index (κ3) is 4.68. The Morgan fingerprint density at radius 1 is 1.36 bits per heavy atom. The Morgan fingerprint density at radius 3 is 2.71 bits per heavy atom. The van der Waals surface area contributed by atoms with Gasteiger partial charge in [0.1, 0.15) is 5.75 Å². The van der Waals surface area contributed by atoms with Gasteiger partial charge in [-0.15, -0.1) is 0 Å². The van der Waals surface area contributed by atoms with Gasteiger partial charge in [-0.3, -0.25) is 9.69 Å². The minimum absolute atomic E-state index is 0.167. The van der Waals surface area contributed by atoms with E-state index in [9.17, 15) is 14.0 Å². The summed E-state index contributed by atoms with van der Waals surface area (Å²) in [7, 11) is 0. The molecule has 1 aliphatic heterocycles. The fourth-order valence-electron chi connectivity index (χ4n) is 2.85. The smallest absolute Gasteiger partial charge is 0.324 e. The van der Waals surface area contributed by atoms with Crippen molar-refractivity contribution in [1.29, 1.82) is 0 Å². The lowest BCUT2D eigenvalue weighted by molar-refractivity contribution is -0.137. The Kier molecular flexibility index (Phi) is 5.96. The number of aliphatic carboxylic acids is 1. The summed E-state index contributed by atoms with van der Waals surface area (Å²) < 4.78 is 19.1. The van der Waals surface area contributed by atoms with E-state index in [0.29, 0.717) is 24.5 Å². The van der Waals surface area contributed by atoms with Crippen molar-refractivity contribution in [2.45, 2.75) is 12.5 Å². The molecule has 2 aromatic rings. The number of anilines is 1. The number of halogens is 2. The normalized spacial score (nSPS) is 15.0. The molecule has 1 saturated heterocycles. The molecule has 2 heterocycles. The molecule has 2 amide bonds. The monoisotopic (exact) mass is 408 g/mol. The van der Waals surface area contributed by atoms with Crippen molar-refractivity contribution in [2.24, 2.45) is 5.73 Å². The number of carboxylic acids is 1. The van der Waals surface area contributed by atoms with Crippen LogP contribution in [0.2, 0.25) is 5.02 Å². The van der Waals surface area contributed by atoms with Crippen LogP contribution in [-0.4, -0.2) is 52.7 Å². The van der Waals surface area contributed by atoms with Crippen molar-refractivity contribution in [1.82, 2.24) is 9.88 Å². The molecular formula is C18H18ClFN4O4. The van der Waals surface area contributed by atoms with Crippen LogP contribution in [0.4, 0.5) is 14.9 Å². The summed E-state index contributed by atoms with van der Waals surface area (Å²) >= 11 is 5.66. The average Bonchev–Trinajstić information content (AvgIpc) is 2.98. The predicted molar refractivity (Wildman–Crippen MR) is 100 cm³/mol. The van der Waals surface area contributed by atoms with Crippen LogP contribution >= 0.6 is 11.6 Å². The van der Waals surface area contributed by atoms with E-state index in [1.54, 1.807) is 29.2 Å². The molecule has 3 rings (SSSR count). The van der Waals surface area contributed by atoms with Crippen molar-refractivity contribution in [2.75, 3.05) is 24.5 Å². The molecule has 8 nitrogen and oxygen atoms in total. The highest BCUT2D eigenvalue weighted by atomic mass is 35.5. The lowest BCUT2D eigenvalue weighted by Crippen LogP contribution is -2.41. The van der Waals surface area contributed by atoms with E-state index in [-0.39, 0.29) is 29.9 Å². The second-order valence-corrected chi connectivity index (χ2v) is 6.71. The number of ether oxygens (including phenoxy) is 1. The van der Waals surface area contributed by atoms with Gasteiger partial charge >= 0.3 is 12.0 Å². The summed E-state index contributed by atoms with van der Waals surface area (Å²) in [6, 6.07) is 6.75. The second-order valence-electron chi connectivity index (χ2n) is 6.27. The van der Waals surface area contributed by atoms with E-state index in [4.69, 9.17) is 27.2 Å². The summed E-state index contributed by atoms with van der Waals surface area (Å²) in [5.74, 6) is -1.53. The molecule has 0 radical (unpaired) electrons. The SMILES string of the molecule is NC(CC(=O)O)CN1CCN(c2ccc(Oc3ncc(Cl)cc3F)cc2)C1=O. The molecule has 3 N–H and O–H groups in total. The number of benzene rings is 1. The van der Waals surface area contributed by atoms with Crippen molar-refractivity contribution in [3.63, 3.8) is 0 Å². The molecule has 1 aromatic carbocycles. The summed E-state index contributed by atoms with van der Waals surface area (Å²) in [6.45, 7) is 1.07. The number of carbonyl (C=O) groups excluding carboxylic acids is 1. The summed E-state index contributed by atoms with van der Waals surface area (Å²) in [6.07, 6.45) is 1.08. The van der Waals surface area contributed by atoms with Gasteiger partial charge in [0.15, 0.2) is 5.82 Å². The van der Waals surface area contributed by atoms with Crippen LogP contribution in [0.15, 0.2) is 36.5 Å². The zero-order valence-corrected chi connectivity index (χ0v) is 15.5. The van der Waals surface area contributed by atoms with Crippen LogP contribution in [0.5, 0.6) is 11.6 Å². The highest BCUT2D eigenvalue weighted by Gasteiger charge is 2.30. The van der Waals surface area contributed by atoms with Crippen LogP contribution in [0.1, 0.15) is 6.42 Å². The maximum absolute atomic E-state index is 13.8. The Labute approximate surface area is 165 Å². The predicted octanol–water partition coefficient (Wildman–Crippen LogP) is 2.71. The Hall–Kier alpha value is -2.91. The molecule has 0 saturated carbocycles. The van der Waals surface area contributed by atoms with Crippen molar-refractivity contribution >= 4 is 29.3 Å². The fraction of sp³-hybridized carbons (Fsp3) is 0.278. The molecule has 0 bridgehead atoms. The standard InChI is InChI=1S/C18H18ClFN4O4/c19-11-7-15(20)17(22-9-11)28-14-3-1-13(2-4-14)24-6-5-23(18(24)27)10-12(21)8-16(25)26/h1-4,7,9,12H,5-6,8,10,21H2,(H,25,26). The number of aromatic nitrogens is 1. The fourth-order valence-corrected chi connectivity index (χ4v) is 2.99. The molecule has 10 heteroatoms. The van der Waals surface area contributed by atoms with Crippen LogP contribution in [0.3, 0.4) is 0 Å². The van der Waals surface area contributed by atoms with Gasteiger partial charge < -0.3 is 20.5 Å². The lowest BCUT2D eigenvalue weighted by atomic mass is 10.2. The second kappa shape index (κ2) is 8.41. The van der Waals surface area contributed by atoms with Crippen LogP contribution in [0.25, 0.3) is 0 Å². The summed E-state index contributed by atoms with van der Waals surface area (Å²) in [5.41, 5.74) is 6.40. The number of rotatable bonds is 7. The molecule has 28 heavy (non-hydrogen) atoms. The van der Waals surface area contributed by atoms with E-state index in [1.165, 1.54) is 11.1 Å². The first-order chi connectivity index (χ1) is 13.3. The van der Waals surface area contributed by atoms with Gasteiger partial charge in [-0.05, 0) is 30.3 Å². The number of nitrogens with zero attached hydrogens (tertiary/aromatic N) is 3. The van der Waals surface area contributed by atoms with E-state index in [2.05, 4.69) is 4.98 Å². The highest BCUT2D eigenvalue weighted by Crippen LogP contribution is 2.27. The zero-order valence-electron chi connectivity index (χ0n) is 14.7. The number of nitrogens with two attached hydrogens (primary N) is 1. The topological polar surface area (TPSA) is 109 Å². The third-order valence-electron chi connectivity index (χ3n) is 4.12. The van der Waals surface area contributed by atoms with E-state index >= 15 is 0 Å². The van der Waals surface area contributed by atoms with Crippen LogP contribution in [0, 0.1) is 5.82 Å². The summed E-state index contributed by atoms with van der Waals surface area (Å²) in [5, 5.41) is 8.94. The van der Waals surface area contributed by atoms with Gasteiger partial charge in [0.05, 0.1) is 11.4 Å². The first-order valence-corrected chi connectivity index (χ1v) is 8.84. The number of pyridine rings is 1. The minimum atomic E-state index is -1.00. The molecular weight excluding hydrogens is 391 g/mol. The molecule has 1 aliphatic rings. The maximum atomic E-state index is 13.8. The van der Waals surface area contributed by atoms with E-state index < -0.39 is 17.8 Å². The van der Waals surface area contributed by atoms with Crippen LogP contribution in [-0.2, 0) is 4.79 Å². The van der Waals surface area contributed by atoms with E-state index in [0.717, 1.165) is 6.07 Å². The van der Waals surface area contributed by atoms with Gasteiger partial charge in [0, 0.05) is 37.6 Å². The number of hydrogen-bond acceptors (Lipinski definition) is 5. The third-order valence-corrected chi connectivity index (χ3v) is 4.33. The molecule has 148 valence electrons. The van der Waals surface area contributed by atoms with Gasteiger partial charge in [-0.25, -0.2) is 14.2 Å². The van der Waals surface area contributed by atoms with Gasteiger partial charge in [0.2, 0.25) is 0 Å². The van der Waals surface area contributed by atoms with Gasteiger partial charge in [-0.1, -0.05) is 11.6 Å². The van der Waals surface area contributed by atoms with Crippen LogP contribution < -0.4 is 15.4 Å². The largest absolute Gasteiger partial charge is 0.481 e. The minimum Gasteiger partial charge on any atom is -0.481 e. The Morgan fingerprint density at radius 2 is 2.07 bits per heavy atom. The molecule has 1 atom stereocenters. The van der Waals surface area contributed by atoms with Crippen molar-refractivity contribution < 1.29 is 23.8 Å². The molecule has 1 unspecified atom stereocenters. The van der Waals surface area contributed by atoms with Gasteiger partial charge in [0.25, 0.3) is 5.88 Å². The number of carbonyl (C=O) groups is 2. The average molecular weight is 409 g/mol. The van der Waals surface area contributed by atoms with Crippen molar-refractivity contribution in [3.8, 4) is 11.6 Å². The zero-order chi connectivity index (χ0) is 20.3. The highest BCUT2D eigenvalue weighted by molar-refractivity contribution is 6.30. The summed E-state index contributed by atoms with van der Waals surface area (Å²) in [4.78, 5) is 30.1. The molecule has 0 aliphatic carbocycles. The quantitative estimate of drug-likeness (QED) is 0.729. The number of hydrogen-bond donors (Lipinski definition) is 2. The number of amides is 2. The molecule has 1 fully saturated rings.